The molecule has 0 spiro atoms. The van der Waals surface area contributed by atoms with Crippen LogP contribution in [0.3, 0.4) is 0 Å². The third kappa shape index (κ3) is 1.78. The standard InChI is InChI=1S/C10H16N4/c1-7(8-3-4-8)14(2)10-12-6-5-9(11)13-10/h5-8H,3-4H2,1-2H3,(H2,11,12,13). The topological polar surface area (TPSA) is 55.0 Å². The van der Waals surface area contributed by atoms with Gasteiger partial charge in [0.25, 0.3) is 0 Å². The zero-order valence-electron chi connectivity index (χ0n) is 8.64. The van der Waals surface area contributed by atoms with E-state index in [9.17, 15) is 0 Å². The van der Waals surface area contributed by atoms with Crippen molar-refractivity contribution >= 4 is 11.8 Å². The van der Waals surface area contributed by atoms with E-state index in [1.165, 1.54) is 12.8 Å². The second kappa shape index (κ2) is 3.44. The summed E-state index contributed by atoms with van der Waals surface area (Å²) in [5.41, 5.74) is 5.61. The van der Waals surface area contributed by atoms with Gasteiger partial charge in [0.15, 0.2) is 0 Å². The molecular formula is C10H16N4. The Labute approximate surface area is 84.2 Å². The third-order valence-corrected chi connectivity index (χ3v) is 2.90. The van der Waals surface area contributed by atoms with E-state index in [4.69, 9.17) is 5.73 Å². The molecule has 1 fully saturated rings. The minimum absolute atomic E-state index is 0.511. The number of aromatic nitrogens is 2. The highest BCUT2D eigenvalue weighted by Crippen LogP contribution is 2.35. The van der Waals surface area contributed by atoms with Crippen molar-refractivity contribution in [1.82, 2.24) is 9.97 Å². The Balaban J connectivity index is 2.13. The summed E-state index contributed by atoms with van der Waals surface area (Å²) < 4.78 is 0. The van der Waals surface area contributed by atoms with Crippen molar-refractivity contribution < 1.29 is 0 Å². The van der Waals surface area contributed by atoms with Crippen LogP contribution in [0.1, 0.15) is 19.8 Å². The van der Waals surface area contributed by atoms with Gasteiger partial charge in [-0.05, 0) is 31.7 Å². The molecule has 2 N–H and O–H groups in total. The second-order valence-electron chi connectivity index (χ2n) is 3.97. The van der Waals surface area contributed by atoms with Gasteiger partial charge in [0.2, 0.25) is 5.95 Å². The zero-order valence-corrected chi connectivity index (χ0v) is 8.64. The molecule has 0 amide bonds. The first kappa shape index (κ1) is 9.24. The molecular weight excluding hydrogens is 176 g/mol. The van der Waals surface area contributed by atoms with Crippen molar-refractivity contribution in [2.75, 3.05) is 17.7 Å². The zero-order chi connectivity index (χ0) is 10.1. The van der Waals surface area contributed by atoms with Crippen molar-refractivity contribution in [3.8, 4) is 0 Å². The number of hydrogen-bond donors (Lipinski definition) is 1. The minimum atomic E-state index is 0.511. The van der Waals surface area contributed by atoms with Gasteiger partial charge in [-0.1, -0.05) is 0 Å². The van der Waals surface area contributed by atoms with Gasteiger partial charge in [-0.25, -0.2) is 4.98 Å². The molecule has 4 heteroatoms. The van der Waals surface area contributed by atoms with Gasteiger partial charge in [-0.15, -0.1) is 0 Å². The quantitative estimate of drug-likeness (QED) is 0.784. The molecule has 0 aliphatic heterocycles. The molecule has 14 heavy (non-hydrogen) atoms. The smallest absolute Gasteiger partial charge is 0.227 e. The van der Waals surface area contributed by atoms with Crippen LogP contribution >= 0.6 is 0 Å². The molecule has 1 atom stereocenters. The van der Waals surface area contributed by atoms with E-state index in [2.05, 4.69) is 21.8 Å². The molecule has 0 radical (unpaired) electrons. The average molecular weight is 192 g/mol. The Kier molecular flexibility index (Phi) is 2.27. The van der Waals surface area contributed by atoms with E-state index in [1.54, 1.807) is 12.3 Å². The van der Waals surface area contributed by atoms with E-state index in [0.29, 0.717) is 11.9 Å². The Hall–Kier alpha value is -1.32. The Bertz CT molecular complexity index is 322. The van der Waals surface area contributed by atoms with E-state index < -0.39 is 0 Å². The maximum atomic E-state index is 5.61. The average Bonchev–Trinajstić information content (AvgIpc) is 2.99. The van der Waals surface area contributed by atoms with Crippen molar-refractivity contribution in [3.05, 3.63) is 12.3 Å². The Morgan fingerprint density at radius 3 is 2.86 bits per heavy atom. The lowest BCUT2D eigenvalue weighted by Crippen LogP contribution is -2.32. The lowest BCUT2D eigenvalue weighted by Gasteiger charge is -2.24. The van der Waals surface area contributed by atoms with Crippen LogP contribution in [0.2, 0.25) is 0 Å². The van der Waals surface area contributed by atoms with E-state index in [-0.39, 0.29) is 0 Å². The van der Waals surface area contributed by atoms with Gasteiger partial charge in [-0.2, -0.15) is 4.98 Å². The summed E-state index contributed by atoms with van der Waals surface area (Å²) in [7, 11) is 2.03. The van der Waals surface area contributed by atoms with Crippen LogP contribution in [0.15, 0.2) is 12.3 Å². The molecule has 4 nitrogen and oxygen atoms in total. The number of nitrogens with zero attached hydrogens (tertiary/aromatic N) is 3. The van der Waals surface area contributed by atoms with Crippen molar-refractivity contribution in [1.29, 1.82) is 0 Å². The Morgan fingerprint density at radius 2 is 2.29 bits per heavy atom. The lowest BCUT2D eigenvalue weighted by atomic mass is 10.2. The maximum Gasteiger partial charge on any atom is 0.227 e. The lowest BCUT2D eigenvalue weighted by molar-refractivity contribution is 0.598. The second-order valence-corrected chi connectivity index (χ2v) is 3.97. The van der Waals surface area contributed by atoms with Gasteiger partial charge >= 0.3 is 0 Å². The maximum absolute atomic E-state index is 5.61. The SMILES string of the molecule is CC(C1CC1)N(C)c1nccc(N)n1. The summed E-state index contributed by atoms with van der Waals surface area (Å²) in [5.74, 6) is 2.07. The van der Waals surface area contributed by atoms with Crippen LogP contribution < -0.4 is 10.6 Å². The first-order valence-corrected chi connectivity index (χ1v) is 5.00. The van der Waals surface area contributed by atoms with Crippen molar-refractivity contribution in [2.45, 2.75) is 25.8 Å². The molecule has 76 valence electrons. The summed E-state index contributed by atoms with van der Waals surface area (Å²) in [6, 6.07) is 2.22. The molecule has 2 rings (SSSR count). The van der Waals surface area contributed by atoms with Crippen LogP contribution in [0.5, 0.6) is 0 Å². The van der Waals surface area contributed by atoms with Crippen molar-refractivity contribution in [3.63, 3.8) is 0 Å². The number of rotatable bonds is 3. The highest BCUT2D eigenvalue weighted by molar-refractivity contribution is 5.38. The number of nitrogens with two attached hydrogens (primary N) is 1. The predicted octanol–water partition coefficient (Wildman–Crippen LogP) is 1.29. The minimum Gasteiger partial charge on any atom is -0.384 e. The molecule has 1 aliphatic rings. The van der Waals surface area contributed by atoms with Crippen molar-refractivity contribution in [2.24, 2.45) is 5.92 Å². The van der Waals surface area contributed by atoms with Crippen LogP contribution in [0.25, 0.3) is 0 Å². The van der Waals surface area contributed by atoms with Gasteiger partial charge < -0.3 is 10.6 Å². The molecule has 1 aromatic rings. The third-order valence-electron chi connectivity index (χ3n) is 2.90. The largest absolute Gasteiger partial charge is 0.384 e. The van der Waals surface area contributed by atoms with Crippen LogP contribution in [-0.2, 0) is 0 Å². The fraction of sp³-hybridized carbons (Fsp3) is 0.600. The normalized spacial score (nSPS) is 17.9. The summed E-state index contributed by atoms with van der Waals surface area (Å²) in [6.45, 7) is 2.21. The fourth-order valence-corrected chi connectivity index (χ4v) is 1.61. The molecule has 0 bridgehead atoms. The number of nitrogen functional groups attached to an aromatic ring is 1. The van der Waals surface area contributed by atoms with Crippen LogP contribution in [0, 0.1) is 5.92 Å². The van der Waals surface area contributed by atoms with Crippen LogP contribution in [-0.4, -0.2) is 23.1 Å². The fourth-order valence-electron chi connectivity index (χ4n) is 1.61. The molecule has 0 saturated heterocycles. The van der Waals surface area contributed by atoms with Gasteiger partial charge in [0.1, 0.15) is 5.82 Å². The Morgan fingerprint density at radius 1 is 1.57 bits per heavy atom. The van der Waals surface area contributed by atoms with Gasteiger partial charge in [0.05, 0.1) is 0 Å². The molecule has 1 saturated carbocycles. The highest BCUT2D eigenvalue weighted by Gasteiger charge is 2.31. The van der Waals surface area contributed by atoms with Gasteiger partial charge in [0, 0.05) is 19.3 Å². The number of hydrogen-bond acceptors (Lipinski definition) is 4. The molecule has 0 aromatic carbocycles. The summed E-state index contributed by atoms with van der Waals surface area (Å²) in [5, 5.41) is 0. The predicted molar refractivity (Wildman–Crippen MR) is 57.0 cm³/mol. The van der Waals surface area contributed by atoms with Gasteiger partial charge in [-0.3, -0.25) is 0 Å². The molecule has 1 aromatic heterocycles. The summed E-state index contributed by atoms with van der Waals surface area (Å²) >= 11 is 0. The molecule has 1 heterocycles. The monoisotopic (exact) mass is 192 g/mol. The van der Waals surface area contributed by atoms with Crippen LogP contribution in [0.4, 0.5) is 11.8 Å². The molecule has 1 aliphatic carbocycles. The van der Waals surface area contributed by atoms with E-state index in [1.807, 2.05) is 7.05 Å². The molecule has 1 unspecified atom stereocenters. The number of anilines is 2. The summed E-state index contributed by atoms with van der Waals surface area (Å²) in [6.07, 6.45) is 4.36. The summed E-state index contributed by atoms with van der Waals surface area (Å²) in [4.78, 5) is 10.5. The first-order chi connectivity index (χ1) is 6.68. The van der Waals surface area contributed by atoms with E-state index >= 15 is 0 Å². The first-order valence-electron chi connectivity index (χ1n) is 5.00. The van der Waals surface area contributed by atoms with E-state index in [0.717, 1.165) is 11.9 Å². The highest BCUT2D eigenvalue weighted by atomic mass is 15.3.